The number of rotatable bonds is 4. The number of amides is 1. The molecular weight excluding hydrogens is 282 g/mol. The molecule has 0 radical (unpaired) electrons. The fraction of sp³-hybridized carbons (Fsp3) is 0.429. The summed E-state index contributed by atoms with van der Waals surface area (Å²) in [5, 5.41) is 4.24. The molecule has 1 aliphatic heterocycles. The van der Waals surface area contributed by atoms with Gasteiger partial charge in [0.2, 0.25) is 0 Å². The molecule has 3 heterocycles. The summed E-state index contributed by atoms with van der Waals surface area (Å²) in [6, 6.07) is 2.19. The van der Waals surface area contributed by atoms with Crippen LogP contribution in [0, 0.1) is 0 Å². The molecule has 2 aromatic rings. The molecule has 8 heteroatoms. The quantitative estimate of drug-likeness (QED) is 0.872. The largest absolute Gasteiger partial charge is 0.366 e. The van der Waals surface area contributed by atoms with Crippen LogP contribution in [0.3, 0.4) is 0 Å². The van der Waals surface area contributed by atoms with Crippen LogP contribution in [-0.4, -0.2) is 52.8 Å². The Balaban J connectivity index is 1.74. The molecule has 1 unspecified atom stereocenters. The minimum absolute atomic E-state index is 0.214. The van der Waals surface area contributed by atoms with Gasteiger partial charge in [-0.2, -0.15) is 5.10 Å². The van der Waals surface area contributed by atoms with Gasteiger partial charge >= 0.3 is 0 Å². The van der Waals surface area contributed by atoms with Crippen LogP contribution in [0.1, 0.15) is 22.8 Å². The van der Waals surface area contributed by atoms with E-state index in [4.69, 9.17) is 5.73 Å². The first-order valence-electron chi connectivity index (χ1n) is 7.13. The SMILES string of the molecule is CN(C)c1cc(N2CCC(n3cc(C(N)=O)cn3)C2)ncn1. The van der Waals surface area contributed by atoms with E-state index in [9.17, 15) is 4.79 Å². The third kappa shape index (κ3) is 2.72. The van der Waals surface area contributed by atoms with Crippen molar-refractivity contribution >= 4 is 17.5 Å². The number of carbonyl (C=O) groups excluding carboxylic acids is 1. The Morgan fingerprint density at radius 2 is 2.23 bits per heavy atom. The zero-order valence-corrected chi connectivity index (χ0v) is 12.7. The van der Waals surface area contributed by atoms with Crippen molar-refractivity contribution in [3.05, 3.63) is 30.4 Å². The molecule has 2 aromatic heterocycles. The third-order valence-corrected chi connectivity index (χ3v) is 3.84. The van der Waals surface area contributed by atoms with Gasteiger partial charge in [0.15, 0.2) is 0 Å². The summed E-state index contributed by atoms with van der Waals surface area (Å²) in [6.07, 6.45) is 5.75. The van der Waals surface area contributed by atoms with E-state index in [1.807, 2.05) is 29.7 Å². The molecule has 0 aromatic carbocycles. The van der Waals surface area contributed by atoms with Gasteiger partial charge in [0, 0.05) is 39.4 Å². The number of nitrogens with two attached hydrogens (primary N) is 1. The van der Waals surface area contributed by atoms with Gasteiger partial charge in [0.05, 0.1) is 17.8 Å². The van der Waals surface area contributed by atoms with Crippen molar-refractivity contribution in [3.63, 3.8) is 0 Å². The summed E-state index contributed by atoms with van der Waals surface area (Å²) in [5.74, 6) is 1.33. The molecule has 1 amide bonds. The molecule has 1 fully saturated rings. The zero-order valence-electron chi connectivity index (χ0n) is 12.7. The van der Waals surface area contributed by atoms with Crippen molar-refractivity contribution in [2.24, 2.45) is 5.73 Å². The lowest BCUT2D eigenvalue weighted by Crippen LogP contribution is -2.23. The van der Waals surface area contributed by atoms with Crippen LogP contribution >= 0.6 is 0 Å². The van der Waals surface area contributed by atoms with E-state index in [1.54, 1.807) is 12.5 Å². The highest BCUT2D eigenvalue weighted by molar-refractivity contribution is 5.92. The van der Waals surface area contributed by atoms with Gasteiger partial charge in [-0.25, -0.2) is 9.97 Å². The average molecular weight is 301 g/mol. The number of aromatic nitrogens is 4. The number of hydrogen-bond donors (Lipinski definition) is 1. The average Bonchev–Trinajstić information content (AvgIpc) is 3.16. The maximum Gasteiger partial charge on any atom is 0.251 e. The van der Waals surface area contributed by atoms with Crippen LogP contribution < -0.4 is 15.5 Å². The number of hydrogen-bond acceptors (Lipinski definition) is 6. The summed E-state index contributed by atoms with van der Waals surface area (Å²) in [7, 11) is 3.90. The van der Waals surface area contributed by atoms with Gasteiger partial charge in [0.1, 0.15) is 18.0 Å². The third-order valence-electron chi connectivity index (χ3n) is 3.84. The van der Waals surface area contributed by atoms with Crippen LogP contribution in [0.2, 0.25) is 0 Å². The normalized spacial score (nSPS) is 17.7. The first kappa shape index (κ1) is 14.3. The van der Waals surface area contributed by atoms with Crippen molar-refractivity contribution in [2.75, 3.05) is 37.0 Å². The lowest BCUT2D eigenvalue weighted by Gasteiger charge is -2.19. The second-order valence-electron chi connectivity index (χ2n) is 5.59. The van der Waals surface area contributed by atoms with Crippen molar-refractivity contribution < 1.29 is 4.79 Å². The number of nitrogens with zero attached hydrogens (tertiary/aromatic N) is 6. The van der Waals surface area contributed by atoms with Crippen molar-refractivity contribution in [1.82, 2.24) is 19.7 Å². The van der Waals surface area contributed by atoms with Gasteiger partial charge in [-0.1, -0.05) is 0 Å². The highest BCUT2D eigenvalue weighted by atomic mass is 16.1. The molecule has 116 valence electrons. The van der Waals surface area contributed by atoms with Gasteiger partial charge in [-0.15, -0.1) is 0 Å². The fourth-order valence-corrected chi connectivity index (χ4v) is 2.59. The Labute approximate surface area is 128 Å². The lowest BCUT2D eigenvalue weighted by atomic mass is 10.3. The predicted octanol–water partition coefficient (Wildman–Crippen LogP) is 0.289. The fourth-order valence-electron chi connectivity index (χ4n) is 2.59. The van der Waals surface area contributed by atoms with E-state index < -0.39 is 5.91 Å². The summed E-state index contributed by atoms with van der Waals surface area (Å²) in [6.45, 7) is 1.68. The van der Waals surface area contributed by atoms with Crippen LogP contribution in [0.25, 0.3) is 0 Å². The van der Waals surface area contributed by atoms with Crippen molar-refractivity contribution in [3.8, 4) is 0 Å². The standard InChI is InChI=1S/C14H19N7O/c1-19(2)12-5-13(17-9-16-12)20-4-3-11(8-20)21-7-10(6-18-21)14(15)22/h5-7,9,11H,3-4,8H2,1-2H3,(H2,15,22). The topological polar surface area (TPSA) is 93.2 Å². The highest BCUT2D eigenvalue weighted by Crippen LogP contribution is 2.26. The summed E-state index contributed by atoms with van der Waals surface area (Å²) in [5.41, 5.74) is 5.70. The Morgan fingerprint density at radius 3 is 2.91 bits per heavy atom. The molecule has 1 aliphatic rings. The summed E-state index contributed by atoms with van der Waals surface area (Å²) < 4.78 is 1.81. The van der Waals surface area contributed by atoms with E-state index >= 15 is 0 Å². The molecule has 8 nitrogen and oxygen atoms in total. The van der Waals surface area contributed by atoms with Gasteiger partial charge in [0.25, 0.3) is 5.91 Å². The van der Waals surface area contributed by atoms with E-state index in [0.29, 0.717) is 5.56 Å². The van der Waals surface area contributed by atoms with Crippen LogP contribution in [0.5, 0.6) is 0 Å². The maximum absolute atomic E-state index is 11.2. The molecule has 0 spiro atoms. The molecule has 0 saturated carbocycles. The molecule has 0 bridgehead atoms. The van der Waals surface area contributed by atoms with E-state index in [0.717, 1.165) is 31.1 Å². The molecule has 1 saturated heterocycles. The predicted molar refractivity (Wildman–Crippen MR) is 83.0 cm³/mol. The van der Waals surface area contributed by atoms with Crippen LogP contribution in [-0.2, 0) is 0 Å². The molecule has 1 atom stereocenters. The first-order valence-corrected chi connectivity index (χ1v) is 7.13. The highest BCUT2D eigenvalue weighted by Gasteiger charge is 2.26. The van der Waals surface area contributed by atoms with Gasteiger partial charge < -0.3 is 15.5 Å². The number of primary amides is 1. The molecule has 22 heavy (non-hydrogen) atoms. The first-order chi connectivity index (χ1) is 10.5. The van der Waals surface area contributed by atoms with Crippen LogP contribution in [0.15, 0.2) is 24.8 Å². The van der Waals surface area contributed by atoms with Gasteiger partial charge in [-0.05, 0) is 6.42 Å². The molecular formula is C14H19N7O. The second kappa shape index (κ2) is 5.63. The van der Waals surface area contributed by atoms with E-state index in [2.05, 4.69) is 20.0 Å². The van der Waals surface area contributed by atoms with E-state index in [-0.39, 0.29) is 6.04 Å². The second-order valence-corrected chi connectivity index (χ2v) is 5.59. The zero-order chi connectivity index (χ0) is 15.7. The monoisotopic (exact) mass is 301 g/mol. The Morgan fingerprint density at radius 1 is 1.41 bits per heavy atom. The minimum atomic E-state index is -0.451. The molecule has 0 aliphatic carbocycles. The van der Waals surface area contributed by atoms with Crippen LogP contribution in [0.4, 0.5) is 11.6 Å². The number of carbonyl (C=O) groups is 1. The Hall–Kier alpha value is -2.64. The minimum Gasteiger partial charge on any atom is -0.366 e. The van der Waals surface area contributed by atoms with E-state index in [1.165, 1.54) is 6.20 Å². The van der Waals surface area contributed by atoms with Crippen molar-refractivity contribution in [1.29, 1.82) is 0 Å². The molecule has 2 N–H and O–H groups in total. The smallest absolute Gasteiger partial charge is 0.251 e. The van der Waals surface area contributed by atoms with Crippen molar-refractivity contribution in [2.45, 2.75) is 12.5 Å². The lowest BCUT2D eigenvalue weighted by molar-refractivity contribution is 0.1000. The Bertz CT molecular complexity index is 681. The summed E-state index contributed by atoms with van der Waals surface area (Å²) >= 11 is 0. The number of anilines is 2. The summed E-state index contributed by atoms with van der Waals surface area (Å²) in [4.78, 5) is 23.9. The van der Waals surface area contributed by atoms with Gasteiger partial charge in [-0.3, -0.25) is 9.48 Å². The molecule has 3 rings (SSSR count). The maximum atomic E-state index is 11.2. The Kier molecular flexibility index (Phi) is 3.66.